The van der Waals surface area contributed by atoms with Gasteiger partial charge in [0, 0.05) is 23.7 Å². The fraction of sp³-hybridized carbons (Fsp3) is 0.444. The van der Waals surface area contributed by atoms with Crippen LogP contribution < -0.4 is 4.80 Å². The first kappa shape index (κ1) is 16.1. The van der Waals surface area contributed by atoms with Gasteiger partial charge in [-0.3, -0.25) is 4.99 Å². The summed E-state index contributed by atoms with van der Waals surface area (Å²) in [7, 11) is 0. The Bertz CT molecular complexity index is 721. The molecule has 0 atom stereocenters. The molecule has 0 saturated heterocycles. The highest BCUT2D eigenvalue weighted by Gasteiger charge is 2.12. The predicted molar refractivity (Wildman–Crippen MR) is 94.3 cm³/mol. The standard InChI is InChI=1S/C18H22FN3S/c1-2-20-18-22(21-12-14-6-4-3-5-7-14)17(13-23-18)15-8-10-16(19)11-9-15/h8-14H,2-7H2,1H3. The Balaban J connectivity index is 1.95. The molecule has 3 nitrogen and oxygen atoms in total. The monoisotopic (exact) mass is 331 g/mol. The number of rotatable bonds is 4. The van der Waals surface area contributed by atoms with Crippen molar-refractivity contribution in [2.45, 2.75) is 39.0 Å². The van der Waals surface area contributed by atoms with E-state index in [4.69, 9.17) is 5.10 Å². The molecule has 122 valence electrons. The van der Waals surface area contributed by atoms with E-state index in [0.717, 1.165) is 22.6 Å². The molecule has 2 aromatic rings. The molecule has 5 heteroatoms. The molecule has 0 unspecified atom stereocenters. The normalized spacial score (nSPS) is 17.2. The van der Waals surface area contributed by atoms with E-state index in [0.29, 0.717) is 5.92 Å². The van der Waals surface area contributed by atoms with Crippen LogP contribution in [0.25, 0.3) is 11.3 Å². The second kappa shape index (κ2) is 7.68. The number of nitrogens with zero attached hydrogens (tertiary/aromatic N) is 3. The molecule has 1 aromatic carbocycles. The van der Waals surface area contributed by atoms with Gasteiger partial charge in [-0.1, -0.05) is 19.3 Å². The van der Waals surface area contributed by atoms with Crippen LogP contribution in [0.1, 0.15) is 39.0 Å². The number of benzene rings is 1. The largest absolute Gasteiger partial charge is 0.258 e. The van der Waals surface area contributed by atoms with E-state index in [-0.39, 0.29) is 5.82 Å². The van der Waals surface area contributed by atoms with Crippen molar-refractivity contribution in [1.29, 1.82) is 0 Å². The van der Waals surface area contributed by atoms with Gasteiger partial charge in [-0.2, -0.15) is 5.10 Å². The summed E-state index contributed by atoms with van der Waals surface area (Å²) < 4.78 is 15.1. The van der Waals surface area contributed by atoms with Crippen molar-refractivity contribution < 1.29 is 4.39 Å². The molecule has 0 aliphatic heterocycles. The SMILES string of the molecule is CCN=c1scc(-c2ccc(F)cc2)n1N=CC1CCCCC1. The zero-order chi connectivity index (χ0) is 16.1. The molecule has 0 bridgehead atoms. The number of hydrogen-bond acceptors (Lipinski definition) is 3. The van der Waals surface area contributed by atoms with Crippen LogP contribution in [-0.2, 0) is 0 Å². The van der Waals surface area contributed by atoms with Crippen molar-refractivity contribution in [2.75, 3.05) is 6.54 Å². The Hall–Kier alpha value is -1.75. The molecule has 1 fully saturated rings. The van der Waals surface area contributed by atoms with Gasteiger partial charge in [-0.15, -0.1) is 11.3 Å². The maximum Gasteiger partial charge on any atom is 0.206 e. The summed E-state index contributed by atoms with van der Waals surface area (Å²) in [5, 5.41) is 6.76. The van der Waals surface area contributed by atoms with Crippen LogP contribution in [-0.4, -0.2) is 17.4 Å². The van der Waals surface area contributed by atoms with Gasteiger partial charge in [0.2, 0.25) is 4.80 Å². The summed E-state index contributed by atoms with van der Waals surface area (Å²) in [6.07, 6.45) is 8.45. The number of thiazole rings is 1. The zero-order valence-electron chi connectivity index (χ0n) is 13.4. The van der Waals surface area contributed by atoms with Crippen LogP contribution in [0.4, 0.5) is 4.39 Å². The Kier molecular flexibility index (Phi) is 5.39. The highest BCUT2D eigenvalue weighted by molar-refractivity contribution is 7.07. The molecule has 0 radical (unpaired) electrons. The maximum atomic E-state index is 13.2. The summed E-state index contributed by atoms with van der Waals surface area (Å²) in [5.41, 5.74) is 1.93. The highest BCUT2D eigenvalue weighted by Crippen LogP contribution is 2.23. The first-order valence-corrected chi connectivity index (χ1v) is 9.17. The first-order chi connectivity index (χ1) is 11.3. The molecule has 23 heavy (non-hydrogen) atoms. The third kappa shape index (κ3) is 3.96. The third-order valence-electron chi connectivity index (χ3n) is 4.16. The molecule has 0 N–H and O–H groups in total. The van der Waals surface area contributed by atoms with Crippen LogP contribution in [0.3, 0.4) is 0 Å². The summed E-state index contributed by atoms with van der Waals surface area (Å²) in [6.45, 7) is 2.74. The van der Waals surface area contributed by atoms with Gasteiger partial charge >= 0.3 is 0 Å². The van der Waals surface area contributed by atoms with Crippen LogP contribution in [0, 0.1) is 11.7 Å². The summed E-state index contributed by atoms with van der Waals surface area (Å²) >= 11 is 1.58. The van der Waals surface area contributed by atoms with E-state index in [1.807, 2.05) is 17.0 Å². The Morgan fingerprint density at radius 1 is 1.22 bits per heavy atom. The molecule has 0 spiro atoms. The summed E-state index contributed by atoms with van der Waals surface area (Å²) in [4.78, 5) is 5.42. The van der Waals surface area contributed by atoms with Crippen molar-refractivity contribution in [3.63, 3.8) is 0 Å². The third-order valence-corrected chi connectivity index (χ3v) is 5.02. The lowest BCUT2D eigenvalue weighted by atomic mass is 9.90. The minimum atomic E-state index is -0.222. The number of halogens is 1. The van der Waals surface area contributed by atoms with Crippen molar-refractivity contribution in [3.8, 4) is 11.3 Å². The minimum Gasteiger partial charge on any atom is -0.258 e. The second-order valence-corrected chi connectivity index (χ2v) is 6.70. The van der Waals surface area contributed by atoms with Gasteiger partial charge in [0.15, 0.2) is 0 Å². The van der Waals surface area contributed by atoms with Gasteiger partial charge in [0.1, 0.15) is 5.82 Å². The quantitative estimate of drug-likeness (QED) is 0.728. The highest BCUT2D eigenvalue weighted by atomic mass is 32.1. The van der Waals surface area contributed by atoms with Gasteiger partial charge in [-0.25, -0.2) is 9.07 Å². The van der Waals surface area contributed by atoms with E-state index in [1.165, 1.54) is 44.2 Å². The van der Waals surface area contributed by atoms with Crippen LogP contribution in [0.5, 0.6) is 0 Å². The summed E-state index contributed by atoms with van der Waals surface area (Å²) in [6, 6.07) is 6.55. The molecule has 3 rings (SSSR count). The Labute approximate surface area is 140 Å². The average molecular weight is 331 g/mol. The van der Waals surface area contributed by atoms with Gasteiger partial charge in [0.25, 0.3) is 0 Å². The fourth-order valence-electron chi connectivity index (χ4n) is 2.92. The van der Waals surface area contributed by atoms with Crippen LogP contribution >= 0.6 is 11.3 Å². The number of aromatic nitrogens is 1. The fourth-order valence-corrected chi connectivity index (χ4v) is 3.82. The smallest absolute Gasteiger partial charge is 0.206 e. The van der Waals surface area contributed by atoms with Crippen LogP contribution in [0.15, 0.2) is 39.7 Å². The molecule has 1 heterocycles. The van der Waals surface area contributed by atoms with Gasteiger partial charge in [0.05, 0.1) is 5.69 Å². The molecular weight excluding hydrogens is 309 g/mol. The first-order valence-electron chi connectivity index (χ1n) is 8.29. The van der Waals surface area contributed by atoms with Crippen molar-refractivity contribution >= 4 is 17.6 Å². The topological polar surface area (TPSA) is 29.6 Å². The van der Waals surface area contributed by atoms with Crippen molar-refractivity contribution in [3.05, 3.63) is 40.3 Å². The molecule has 1 saturated carbocycles. The summed E-state index contributed by atoms with van der Waals surface area (Å²) in [5.74, 6) is 0.339. The van der Waals surface area contributed by atoms with E-state index < -0.39 is 0 Å². The minimum absolute atomic E-state index is 0.222. The predicted octanol–water partition coefficient (Wildman–Crippen LogP) is 4.69. The van der Waals surface area contributed by atoms with E-state index in [9.17, 15) is 4.39 Å². The van der Waals surface area contributed by atoms with Gasteiger partial charge in [-0.05, 0) is 49.9 Å². The zero-order valence-corrected chi connectivity index (χ0v) is 14.2. The number of hydrogen-bond donors (Lipinski definition) is 0. The lowest BCUT2D eigenvalue weighted by Gasteiger charge is -2.17. The molecular formula is C18H22FN3S. The molecule has 1 aliphatic carbocycles. The van der Waals surface area contributed by atoms with Crippen LogP contribution in [0.2, 0.25) is 0 Å². The molecule has 1 aromatic heterocycles. The Morgan fingerprint density at radius 2 is 1.96 bits per heavy atom. The van der Waals surface area contributed by atoms with Crippen molar-refractivity contribution in [1.82, 2.24) is 4.68 Å². The molecule has 0 amide bonds. The Morgan fingerprint density at radius 3 is 2.65 bits per heavy atom. The average Bonchev–Trinajstić information content (AvgIpc) is 2.98. The maximum absolute atomic E-state index is 13.2. The van der Waals surface area contributed by atoms with Gasteiger partial charge < -0.3 is 0 Å². The lowest BCUT2D eigenvalue weighted by Crippen LogP contribution is -2.15. The van der Waals surface area contributed by atoms with E-state index in [2.05, 4.69) is 11.2 Å². The lowest BCUT2D eigenvalue weighted by molar-refractivity contribution is 0.443. The molecule has 1 aliphatic rings. The van der Waals surface area contributed by atoms with Crippen molar-refractivity contribution in [2.24, 2.45) is 16.0 Å². The van der Waals surface area contributed by atoms with E-state index >= 15 is 0 Å². The van der Waals surface area contributed by atoms with E-state index in [1.54, 1.807) is 23.5 Å². The second-order valence-electron chi connectivity index (χ2n) is 5.86.